The minimum Gasteiger partial charge on any atom is -0.460 e. The summed E-state index contributed by atoms with van der Waals surface area (Å²) in [7, 11) is 4.53. The van der Waals surface area contributed by atoms with E-state index in [9.17, 15) is 39.0 Å². The molecule has 2 saturated heterocycles. The van der Waals surface area contributed by atoms with Crippen LogP contribution in [0.5, 0.6) is 0 Å². The normalized spacial score (nSPS) is 35.0. The third kappa shape index (κ3) is 21.0. The Kier molecular flexibility index (Phi) is 30.2. The lowest BCUT2D eigenvalue weighted by atomic mass is 9.78. The molecule has 15 atom stereocenters. The van der Waals surface area contributed by atoms with Crippen molar-refractivity contribution in [2.45, 2.75) is 206 Å². The Morgan fingerprint density at radius 2 is 1.50 bits per heavy atom. The van der Waals surface area contributed by atoms with Crippen molar-refractivity contribution in [1.29, 1.82) is 0 Å². The van der Waals surface area contributed by atoms with Crippen molar-refractivity contribution in [2.75, 3.05) is 67.5 Å². The predicted octanol–water partition coefficient (Wildman–Crippen LogP) is 7.97. The molecule has 3 aliphatic heterocycles. The first-order valence-corrected chi connectivity index (χ1v) is 29.6. The number of hydrogen-bond acceptors (Lipinski definition) is 17. The van der Waals surface area contributed by atoms with Crippen LogP contribution in [0.15, 0.2) is 47.6 Å². The number of cyclic esters (lactones) is 1. The van der Waals surface area contributed by atoms with Crippen LogP contribution in [0.4, 0.5) is 0 Å². The van der Waals surface area contributed by atoms with Gasteiger partial charge in [-0.1, -0.05) is 78.0 Å². The summed E-state index contributed by atoms with van der Waals surface area (Å²) in [5, 5.41) is 22.7. The van der Waals surface area contributed by atoms with Gasteiger partial charge >= 0.3 is 11.9 Å². The van der Waals surface area contributed by atoms with Crippen molar-refractivity contribution >= 4 is 35.2 Å². The number of fused-ring (bicyclic) bond motifs is 3. The molecule has 4 rings (SSSR count). The van der Waals surface area contributed by atoms with Crippen LogP contribution in [-0.2, 0) is 71.4 Å². The van der Waals surface area contributed by atoms with E-state index in [0.29, 0.717) is 109 Å². The maximum absolute atomic E-state index is 14.6. The van der Waals surface area contributed by atoms with Gasteiger partial charge in [-0.15, -0.1) is 0 Å². The summed E-state index contributed by atoms with van der Waals surface area (Å²) in [6.45, 7) is 17.4. The molecule has 2 N–H and O–H groups in total. The van der Waals surface area contributed by atoms with Crippen LogP contribution < -0.4 is 0 Å². The second-order valence-corrected chi connectivity index (χ2v) is 23.0. The molecular formula is C62H99NO17. The average molecular weight is 1130 g/mol. The Balaban J connectivity index is 1.70. The zero-order chi connectivity index (χ0) is 58.9. The van der Waals surface area contributed by atoms with Gasteiger partial charge in [0.15, 0.2) is 18.0 Å². The third-order valence-electron chi connectivity index (χ3n) is 16.5. The first-order chi connectivity index (χ1) is 38.2. The molecule has 0 aromatic rings. The Labute approximate surface area is 477 Å². The van der Waals surface area contributed by atoms with Gasteiger partial charge in [-0.25, -0.2) is 4.79 Å². The number of Topliss-reactive ketones (excluding diaryl/α,β-unsaturated/α-hetero) is 3. The zero-order valence-electron chi connectivity index (χ0n) is 50.1. The van der Waals surface area contributed by atoms with Gasteiger partial charge in [0.1, 0.15) is 17.9 Å². The average Bonchev–Trinajstić information content (AvgIpc) is 3.48. The van der Waals surface area contributed by atoms with Gasteiger partial charge in [0.2, 0.25) is 5.79 Å². The molecule has 0 radical (unpaired) electrons. The predicted molar refractivity (Wildman–Crippen MR) is 301 cm³/mol. The number of piperidine rings is 1. The summed E-state index contributed by atoms with van der Waals surface area (Å²) in [5.41, 5.74) is 1.28. The van der Waals surface area contributed by atoms with Crippen LogP contribution in [0.25, 0.3) is 0 Å². The van der Waals surface area contributed by atoms with E-state index in [2.05, 4.69) is 0 Å². The van der Waals surface area contributed by atoms with Crippen molar-refractivity contribution in [3.63, 3.8) is 0 Å². The highest BCUT2D eigenvalue weighted by atomic mass is 16.6. The number of ether oxygens (including phenoxy) is 9. The van der Waals surface area contributed by atoms with E-state index in [0.717, 1.165) is 12.0 Å². The molecule has 0 spiro atoms. The van der Waals surface area contributed by atoms with E-state index in [-0.39, 0.29) is 67.8 Å². The number of hydrogen-bond donors (Lipinski definition) is 2. The van der Waals surface area contributed by atoms with Gasteiger partial charge in [0.05, 0.1) is 50.8 Å². The largest absolute Gasteiger partial charge is 0.460 e. The summed E-state index contributed by atoms with van der Waals surface area (Å²) >= 11 is 0. The quantitative estimate of drug-likeness (QED) is 0.0541. The Morgan fingerprint density at radius 3 is 2.17 bits per heavy atom. The Hall–Kier alpha value is -3.98. The zero-order valence-corrected chi connectivity index (χ0v) is 50.1. The Bertz CT molecular complexity index is 2090. The molecule has 1 aliphatic carbocycles. The fourth-order valence-electron chi connectivity index (χ4n) is 11.5. The monoisotopic (exact) mass is 1130 g/mol. The summed E-state index contributed by atoms with van der Waals surface area (Å²) in [5.74, 6) is -9.03. The van der Waals surface area contributed by atoms with Gasteiger partial charge in [-0.05, 0) is 120 Å². The maximum Gasteiger partial charge on any atom is 0.329 e. The van der Waals surface area contributed by atoms with E-state index in [1.165, 1.54) is 12.0 Å². The fourth-order valence-corrected chi connectivity index (χ4v) is 11.5. The van der Waals surface area contributed by atoms with Crippen molar-refractivity contribution in [3.8, 4) is 0 Å². The smallest absolute Gasteiger partial charge is 0.329 e. The molecule has 3 heterocycles. The van der Waals surface area contributed by atoms with Crippen molar-refractivity contribution < 1.29 is 81.6 Å². The number of aliphatic hydroxyl groups excluding tert-OH is 1. The van der Waals surface area contributed by atoms with Crippen LogP contribution >= 0.6 is 0 Å². The summed E-state index contributed by atoms with van der Waals surface area (Å²) < 4.78 is 52.7. The van der Waals surface area contributed by atoms with E-state index >= 15 is 0 Å². The van der Waals surface area contributed by atoms with Crippen LogP contribution in [0, 0.1) is 35.5 Å². The maximum atomic E-state index is 14.6. The molecule has 1 saturated carbocycles. The molecule has 0 unspecified atom stereocenters. The second-order valence-electron chi connectivity index (χ2n) is 23.0. The van der Waals surface area contributed by atoms with Crippen LogP contribution in [0.2, 0.25) is 0 Å². The van der Waals surface area contributed by atoms with Crippen molar-refractivity contribution in [1.82, 2.24) is 4.90 Å². The van der Waals surface area contributed by atoms with Crippen LogP contribution in [0.1, 0.15) is 152 Å². The van der Waals surface area contributed by atoms with Gasteiger partial charge in [0.25, 0.3) is 11.7 Å². The number of methoxy groups -OCH3 is 3. The molecule has 0 aromatic heterocycles. The van der Waals surface area contributed by atoms with E-state index in [4.69, 9.17) is 42.6 Å². The highest BCUT2D eigenvalue weighted by Crippen LogP contribution is 2.38. The molecule has 2 bridgehead atoms. The second kappa shape index (κ2) is 35.2. The van der Waals surface area contributed by atoms with Gasteiger partial charge < -0.3 is 57.7 Å². The van der Waals surface area contributed by atoms with Crippen LogP contribution in [-0.4, -0.2) is 172 Å². The summed E-state index contributed by atoms with van der Waals surface area (Å²) in [6.07, 6.45) is 12.0. The van der Waals surface area contributed by atoms with Gasteiger partial charge in [-0.3, -0.25) is 24.0 Å². The highest BCUT2D eigenvalue weighted by molar-refractivity contribution is 6.39. The minimum atomic E-state index is -2.46. The number of nitrogens with zero attached hydrogens (tertiary/aromatic N) is 1. The molecule has 3 fully saturated rings. The molecular weight excluding hydrogens is 1030 g/mol. The lowest BCUT2D eigenvalue weighted by Crippen LogP contribution is -2.61. The first-order valence-electron chi connectivity index (χ1n) is 29.6. The van der Waals surface area contributed by atoms with Crippen LogP contribution in [0.3, 0.4) is 0 Å². The number of esters is 2. The molecule has 18 nitrogen and oxygen atoms in total. The standard InChI is InChI=1S/C62H99NO17/c1-12-28-75-30-32-77-33-31-76-29-18-22-55(66)79-57-45(7)35-42(4)51(65)39-53(43(5)36-47-24-26-50(64)54(37-47)73-10)78-61(70)49-21-16-17-27-63(49)60(69)59(68)62(71)46(8)23-25-48(80-62)38-52(72-9)41(3)20-15-13-14-19-40(2)34-44(6)56(67)58(57)74-11/h13-15,19-20,35,40,42-44,46-50,52-54,57-58,64,71H,12,16-18,21-34,36-39H2,1-11H3/b15-13+,19-14+,41-20+,45-35+/t40-,42-,43-,44-,46-,47+,48+,49+,50-,52+,53+,54-,57-,58+,62-/m1/s1. The lowest BCUT2D eigenvalue weighted by molar-refractivity contribution is -0.265. The van der Waals surface area contributed by atoms with E-state index in [1.54, 1.807) is 41.1 Å². The number of rotatable bonds is 19. The Morgan fingerprint density at radius 1 is 0.800 bits per heavy atom. The number of carbonyl (C=O) groups is 6. The number of ketones is 3. The van der Waals surface area contributed by atoms with Crippen molar-refractivity contribution in [2.24, 2.45) is 35.5 Å². The van der Waals surface area contributed by atoms with E-state index in [1.807, 2.05) is 65.0 Å². The van der Waals surface area contributed by atoms with Gasteiger partial charge in [0, 0.05) is 78.1 Å². The van der Waals surface area contributed by atoms with Crippen molar-refractivity contribution in [3.05, 3.63) is 47.6 Å². The first kappa shape index (κ1) is 68.5. The van der Waals surface area contributed by atoms with Gasteiger partial charge in [-0.2, -0.15) is 0 Å². The molecule has 454 valence electrons. The number of allylic oxidation sites excluding steroid dienone is 6. The summed E-state index contributed by atoms with van der Waals surface area (Å²) in [4.78, 5) is 87.3. The topological polar surface area (TPSA) is 229 Å². The lowest BCUT2D eigenvalue weighted by Gasteiger charge is -2.42. The molecule has 18 heteroatoms. The number of aliphatic hydroxyl groups is 2. The fraction of sp³-hybridized carbons (Fsp3) is 0.774. The molecule has 80 heavy (non-hydrogen) atoms. The SMILES string of the molecule is CCCOCCOCCOCCCC(=O)O[C@@H]1/C(C)=C/[C@@H](C)C(=O)C[C@@H]([C@H](C)C[C@@H]2CC[C@@H](O)[C@H](OC)C2)OC(=O)[C@@H]2CCCCN2C(=O)C(=O)[C@]2(O)O[C@@H](CC[C@H]2C)C[C@H](OC)/C(C)=C/C=C/C=C/[C@@H](C)C[C@@H](C)C(=O)[C@@H]1OC. The highest BCUT2D eigenvalue weighted by Gasteiger charge is 2.53. The third-order valence-corrected chi connectivity index (χ3v) is 16.5. The molecule has 4 aliphatic rings. The minimum absolute atomic E-state index is 0.0111. The number of carbonyl (C=O) groups excluding carboxylic acids is 6. The van der Waals surface area contributed by atoms with E-state index < -0.39 is 89.8 Å². The molecule has 0 aromatic carbocycles. The molecule has 1 amide bonds. The number of amides is 1. The summed E-state index contributed by atoms with van der Waals surface area (Å²) in [6, 6.07) is -1.18.